The van der Waals surface area contributed by atoms with Crippen LogP contribution in [0.2, 0.25) is 0 Å². The minimum absolute atomic E-state index is 0.00153. The Labute approximate surface area is 146 Å². The van der Waals surface area contributed by atoms with Crippen molar-refractivity contribution in [2.45, 2.75) is 31.4 Å². The maximum atomic E-state index is 14.2. The highest BCUT2D eigenvalue weighted by molar-refractivity contribution is 5.89. The van der Waals surface area contributed by atoms with E-state index in [9.17, 15) is 22.4 Å². The van der Waals surface area contributed by atoms with Crippen LogP contribution < -0.4 is 4.74 Å². The van der Waals surface area contributed by atoms with Gasteiger partial charge in [0.2, 0.25) is 5.88 Å². The Morgan fingerprint density at radius 2 is 1.96 bits per heavy atom. The molecule has 0 N–H and O–H groups in total. The second-order valence-electron chi connectivity index (χ2n) is 5.93. The van der Waals surface area contributed by atoms with Gasteiger partial charge in [-0.05, 0) is 43.5 Å². The van der Waals surface area contributed by atoms with Crippen molar-refractivity contribution in [1.29, 1.82) is 0 Å². The number of hydrogen-bond acceptors (Lipinski definition) is 4. The Kier molecular flexibility index (Phi) is 4.60. The average Bonchev–Trinajstić information content (AvgIpc) is 3.39. The fourth-order valence-corrected chi connectivity index (χ4v) is 2.63. The van der Waals surface area contributed by atoms with Crippen LogP contribution >= 0.6 is 0 Å². The van der Waals surface area contributed by atoms with Crippen molar-refractivity contribution in [1.82, 2.24) is 4.98 Å². The van der Waals surface area contributed by atoms with Crippen LogP contribution in [0.25, 0.3) is 0 Å². The van der Waals surface area contributed by atoms with Crippen molar-refractivity contribution in [3.8, 4) is 11.6 Å². The molecule has 0 amide bonds. The normalized spacial score (nSPS) is 15.4. The lowest BCUT2D eigenvalue weighted by atomic mass is 9.95. The second-order valence-corrected chi connectivity index (χ2v) is 5.93. The molecule has 1 aromatic carbocycles. The van der Waals surface area contributed by atoms with Crippen LogP contribution in [-0.4, -0.2) is 23.7 Å². The van der Waals surface area contributed by atoms with E-state index in [4.69, 9.17) is 9.47 Å². The van der Waals surface area contributed by atoms with Crippen LogP contribution in [0, 0.1) is 5.82 Å². The van der Waals surface area contributed by atoms with Gasteiger partial charge in [-0.15, -0.1) is 0 Å². The number of esters is 1. The van der Waals surface area contributed by atoms with E-state index in [0.29, 0.717) is 0 Å². The summed E-state index contributed by atoms with van der Waals surface area (Å²) in [5.41, 5.74) is -1.86. The fourth-order valence-electron chi connectivity index (χ4n) is 2.63. The van der Waals surface area contributed by atoms with Crippen LogP contribution in [-0.2, 0) is 10.2 Å². The molecule has 1 saturated carbocycles. The van der Waals surface area contributed by atoms with Crippen molar-refractivity contribution >= 4 is 5.97 Å². The van der Waals surface area contributed by atoms with E-state index in [0.717, 1.165) is 12.1 Å². The smallest absolute Gasteiger partial charge is 0.398 e. The van der Waals surface area contributed by atoms with Crippen molar-refractivity contribution in [2.24, 2.45) is 0 Å². The lowest BCUT2D eigenvalue weighted by Crippen LogP contribution is -2.28. The summed E-state index contributed by atoms with van der Waals surface area (Å²) in [6.07, 6.45) is -3.30. The monoisotopic (exact) mass is 369 g/mol. The third-order valence-corrected chi connectivity index (χ3v) is 4.24. The molecular weight excluding hydrogens is 354 g/mol. The molecule has 1 aliphatic carbocycles. The average molecular weight is 369 g/mol. The summed E-state index contributed by atoms with van der Waals surface area (Å²) in [5, 5.41) is 0. The van der Waals surface area contributed by atoms with E-state index in [1.165, 1.54) is 24.4 Å². The van der Waals surface area contributed by atoms with E-state index in [2.05, 4.69) is 4.98 Å². The third-order valence-electron chi connectivity index (χ3n) is 4.24. The SMILES string of the molecule is CCOC(=O)c1ccc(Oc2ccc(C3(C(F)(F)F)CC3)cc2F)nc1. The highest BCUT2D eigenvalue weighted by Gasteiger charge is 2.64. The maximum absolute atomic E-state index is 14.2. The van der Waals surface area contributed by atoms with Gasteiger partial charge in [0.15, 0.2) is 11.6 Å². The number of pyridine rings is 1. The third kappa shape index (κ3) is 3.36. The van der Waals surface area contributed by atoms with E-state index in [-0.39, 0.29) is 42.2 Å². The van der Waals surface area contributed by atoms with E-state index in [1.54, 1.807) is 6.92 Å². The number of halogens is 4. The van der Waals surface area contributed by atoms with Crippen LogP contribution in [0.3, 0.4) is 0 Å². The molecular formula is C18H15F4NO3. The standard InChI is InChI=1S/C18H15F4NO3/c1-2-25-16(24)11-3-6-15(23-10-11)26-14-5-4-12(9-13(14)19)17(7-8-17)18(20,21)22/h3-6,9-10H,2,7-8H2,1H3. The van der Waals surface area contributed by atoms with Gasteiger partial charge in [0.1, 0.15) is 0 Å². The number of rotatable bonds is 5. The van der Waals surface area contributed by atoms with Crippen molar-refractivity contribution in [3.63, 3.8) is 0 Å². The van der Waals surface area contributed by atoms with Crippen LogP contribution in [0.4, 0.5) is 17.6 Å². The van der Waals surface area contributed by atoms with Crippen LogP contribution in [0.15, 0.2) is 36.5 Å². The summed E-state index contributed by atoms with van der Waals surface area (Å²) in [7, 11) is 0. The summed E-state index contributed by atoms with van der Waals surface area (Å²) in [5.74, 6) is -1.71. The number of nitrogens with zero attached hydrogens (tertiary/aromatic N) is 1. The number of alkyl halides is 3. The van der Waals surface area contributed by atoms with E-state index in [1.807, 2.05) is 0 Å². The minimum Gasteiger partial charge on any atom is -0.462 e. The number of hydrogen-bond donors (Lipinski definition) is 0. The minimum atomic E-state index is -4.41. The predicted molar refractivity (Wildman–Crippen MR) is 83.6 cm³/mol. The molecule has 4 nitrogen and oxygen atoms in total. The highest BCUT2D eigenvalue weighted by atomic mass is 19.4. The zero-order valence-electron chi connectivity index (χ0n) is 13.8. The molecule has 1 heterocycles. The van der Waals surface area contributed by atoms with Gasteiger partial charge in [-0.25, -0.2) is 14.2 Å². The molecule has 26 heavy (non-hydrogen) atoms. The number of carbonyl (C=O) groups is 1. The highest BCUT2D eigenvalue weighted by Crippen LogP contribution is 2.59. The fraction of sp³-hybridized carbons (Fsp3) is 0.333. The molecule has 0 bridgehead atoms. The molecule has 2 aromatic rings. The summed E-state index contributed by atoms with van der Waals surface area (Å²) in [6, 6.07) is 5.96. The first-order chi connectivity index (χ1) is 12.3. The van der Waals surface area contributed by atoms with Gasteiger partial charge in [-0.3, -0.25) is 0 Å². The lowest BCUT2D eigenvalue weighted by molar-refractivity contribution is -0.160. The molecule has 1 fully saturated rings. The number of ether oxygens (including phenoxy) is 2. The maximum Gasteiger partial charge on any atom is 0.398 e. The first-order valence-corrected chi connectivity index (χ1v) is 7.94. The Morgan fingerprint density at radius 1 is 1.23 bits per heavy atom. The topological polar surface area (TPSA) is 48.4 Å². The zero-order chi connectivity index (χ0) is 18.9. The van der Waals surface area contributed by atoms with Crippen molar-refractivity contribution < 1.29 is 31.8 Å². The van der Waals surface area contributed by atoms with Gasteiger partial charge in [0.25, 0.3) is 0 Å². The van der Waals surface area contributed by atoms with Crippen LogP contribution in [0.1, 0.15) is 35.7 Å². The summed E-state index contributed by atoms with van der Waals surface area (Å²) < 4.78 is 63.6. The number of aromatic nitrogens is 1. The summed E-state index contributed by atoms with van der Waals surface area (Å²) >= 11 is 0. The van der Waals surface area contributed by atoms with Crippen molar-refractivity contribution in [3.05, 3.63) is 53.5 Å². The Morgan fingerprint density at radius 3 is 2.46 bits per heavy atom. The Bertz CT molecular complexity index is 814. The molecule has 1 aliphatic rings. The van der Waals surface area contributed by atoms with Crippen molar-refractivity contribution in [2.75, 3.05) is 6.61 Å². The first kappa shape index (κ1) is 18.2. The molecule has 0 spiro atoms. The van der Waals surface area contributed by atoms with Gasteiger partial charge in [-0.2, -0.15) is 13.2 Å². The number of carbonyl (C=O) groups excluding carboxylic acids is 1. The predicted octanol–water partition coefficient (Wildman–Crippen LogP) is 4.78. The molecule has 138 valence electrons. The Balaban J connectivity index is 1.76. The van der Waals surface area contributed by atoms with Gasteiger partial charge in [-0.1, -0.05) is 6.07 Å². The van der Waals surface area contributed by atoms with E-state index < -0.39 is 23.4 Å². The molecule has 0 aliphatic heterocycles. The lowest BCUT2D eigenvalue weighted by Gasteiger charge is -2.20. The zero-order valence-corrected chi connectivity index (χ0v) is 13.8. The Hall–Kier alpha value is -2.64. The summed E-state index contributed by atoms with van der Waals surface area (Å²) in [6.45, 7) is 1.88. The molecule has 0 saturated heterocycles. The molecule has 0 radical (unpaired) electrons. The van der Waals surface area contributed by atoms with Crippen LogP contribution in [0.5, 0.6) is 11.6 Å². The molecule has 8 heteroatoms. The molecule has 0 atom stereocenters. The first-order valence-electron chi connectivity index (χ1n) is 7.94. The van der Waals surface area contributed by atoms with Gasteiger partial charge < -0.3 is 9.47 Å². The quantitative estimate of drug-likeness (QED) is 0.562. The summed E-state index contributed by atoms with van der Waals surface area (Å²) in [4.78, 5) is 15.4. The van der Waals surface area contributed by atoms with E-state index >= 15 is 0 Å². The molecule has 0 unspecified atom stereocenters. The number of benzene rings is 1. The van der Waals surface area contributed by atoms with Gasteiger partial charge in [0.05, 0.1) is 17.6 Å². The molecule has 3 rings (SSSR count). The molecule has 1 aromatic heterocycles. The largest absolute Gasteiger partial charge is 0.462 e. The van der Waals surface area contributed by atoms with Gasteiger partial charge in [0, 0.05) is 12.3 Å². The second kappa shape index (κ2) is 6.59. The van der Waals surface area contributed by atoms with Gasteiger partial charge >= 0.3 is 12.1 Å².